The van der Waals surface area contributed by atoms with Gasteiger partial charge in [0.15, 0.2) is 5.82 Å². The third-order valence-electron chi connectivity index (χ3n) is 12.7. The molecular weight excluding hydrogens is 677 g/mol. The SMILES string of the molecule is CC1(C)c2ccccc2-c2cc(-c3cc(-c4ccc(-c5ccc6c(c5)-c5c(ccc7ccccc57)C6(C)C)c5ccccc45)nc(-c4ccccc4)n3)ccc21. The third kappa shape index (κ3) is 4.75. The van der Waals surface area contributed by atoms with Crippen molar-refractivity contribution in [2.24, 2.45) is 0 Å². The molecule has 2 heteroatoms. The summed E-state index contributed by atoms with van der Waals surface area (Å²) in [6.07, 6.45) is 0. The second-order valence-corrected chi connectivity index (χ2v) is 16.6. The molecule has 8 aromatic carbocycles. The molecule has 0 saturated heterocycles. The molecule has 0 aliphatic heterocycles. The van der Waals surface area contributed by atoms with Gasteiger partial charge in [0, 0.05) is 27.5 Å². The first-order valence-electron chi connectivity index (χ1n) is 19.7. The molecule has 2 aliphatic rings. The fourth-order valence-electron chi connectivity index (χ4n) is 9.79. The van der Waals surface area contributed by atoms with Crippen molar-refractivity contribution in [3.05, 3.63) is 192 Å². The molecular formula is C54H40N2. The molecule has 2 aliphatic carbocycles. The Hall–Kier alpha value is -6.64. The third-order valence-corrected chi connectivity index (χ3v) is 12.7. The van der Waals surface area contributed by atoms with Gasteiger partial charge in [-0.25, -0.2) is 9.97 Å². The lowest BCUT2D eigenvalue weighted by atomic mass is 9.81. The zero-order valence-corrected chi connectivity index (χ0v) is 32.1. The van der Waals surface area contributed by atoms with Crippen molar-refractivity contribution in [1.82, 2.24) is 9.97 Å². The number of nitrogens with zero attached hydrogens (tertiary/aromatic N) is 2. The molecule has 0 amide bonds. The fraction of sp³-hybridized carbons (Fsp3) is 0.111. The van der Waals surface area contributed by atoms with Crippen LogP contribution in [0.5, 0.6) is 0 Å². The van der Waals surface area contributed by atoms with Gasteiger partial charge in [-0.3, -0.25) is 0 Å². The van der Waals surface area contributed by atoms with Crippen LogP contribution in [0, 0.1) is 0 Å². The lowest BCUT2D eigenvalue weighted by Gasteiger charge is -2.22. The highest BCUT2D eigenvalue weighted by atomic mass is 14.9. The van der Waals surface area contributed by atoms with Crippen LogP contribution in [0.2, 0.25) is 0 Å². The molecule has 0 atom stereocenters. The highest BCUT2D eigenvalue weighted by molar-refractivity contribution is 6.07. The highest BCUT2D eigenvalue weighted by Crippen LogP contribution is 2.53. The van der Waals surface area contributed by atoms with Crippen molar-refractivity contribution in [1.29, 1.82) is 0 Å². The average Bonchev–Trinajstić information content (AvgIpc) is 3.62. The number of fused-ring (bicyclic) bond motifs is 9. The molecule has 0 N–H and O–H groups in total. The van der Waals surface area contributed by atoms with Crippen LogP contribution in [0.4, 0.5) is 0 Å². The number of aromatic nitrogens is 2. The molecule has 0 fully saturated rings. The van der Waals surface area contributed by atoms with Crippen LogP contribution < -0.4 is 0 Å². The average molecular weight is 717 g/mol. The van der Waals surface area contributed by atoms with E-state index in [9.17, 15) is 0 Å². The lowest BCUT2D eigenvalue weighted by Crippen LogP contribution is -2.14. The molecule has 1 heterocycles. The first kappa shape index (κ1) is 32.8. The summed E-state index contributed by atoms with van der Waals surface area (Å²) in [5, 5.41) is 4.98. The normalized spacial score (nSPS) is 14.4. The highest BCUT2D eigenvalue weighted by Gasteiger charge is 2.37. The monoisotopic (exact) mass is 716 g/mol. The van der Waals surface area contributed by atoms with Crippen molar-refractivity contribution in [2.45, 2.75) is 38.5 Å². The van der Waals surface area contributed by atoms with Crippen LogP contribution in [0.25, 0.3) is 88.8 Å². The first-order chi connectivity index (χ1) is 27.3. The quantitative estimate of drug-likeness (QED) is 0.181. The Labute approximate surface area is 328 Å². The summed E-state index contributed by atoms with van der Waals surface area (Å²) in [5.41, 5.74) is 18.1. The van der Waals surface area contributed by atoms with E-state index in [1.165, 1.54) is 77.2 Å². The maximum atomic E-state index is 5.29. The van der Waals surface area contributed by atoms with Gasteiger partial charge in [0.2, 0.25) is 0 Å². The van der Waals surface area contributed by atoms with Crippen molar-refractivity contribution in [3.8, 4) is 67.3 Å². The summed E-state index contributed by atoms with van der Waals surface area (Å²) in [7, 11) is 0. The molecule has 0 saturated carbocycles. The van der Waals surface area contributed by atoms with E-state index in [1.54, 1.807) is 0 Å². The molecule has 0 spiro atoms. The number of hydrogen-bond donors (Lipinski definition) is 0. The van der Waals surface area contributed by atoms with Gasteiger partial charge in [-0.2, -0.15) is 0 Å². The van der Waals surface area contributed by atoms with E-state index < -0.39 is 0 Å². The second kappa shape index (κ2) is 11.9. The van der Waals surface area contributed by atoms with Crippen molar-refractivity contribution >= 4 is 21.5 Å². The first-order valence-corrected chi connectivity index (χ1v) is 19.7. The standard InChI is InChI=1S/C54H40N2/c1-53(2)45-21-13-12-20-41(45)43-31-36(24-28-46(43)53)49-32-50(56-52(55-49)34-15-6-5-7-16-34)42-26-25-37(39-18-10-11-19-40(39)42)35-23-27-47-44(30-35)51-38-17-9-8-14-33(38)22-29-48(51)54(47,3)4/h5-32H,1-4H3. The maximum Gasteiger partial charge on any atom is 0.160 e. The molecule has 56 heavy (non-hydrogen) atoms. The van der Waals surface area contributed by atoms with Crippen LogP contribution in [0.15, 0.2) is 170 Å². The molecule has 266 valence electrons. The molecule has 1 aromatic heterocycles. The number of rotatable bonds is 4. The zero-order chi connectivity index (χ0) is 37.8. The van der Waals surface area contributed by atoms with E-state index >= 15 is 0 Å². The van der Waals surface area contributed by atoms with Gasteiger partial charge in [0.1, 0.15) is 0 Å². The van der Waals surface area contributed by atoms with Crippen LogP contribution in [-0.4, -0.2) is 9.97 Å². The van der Waals surface area contributed by atoms with Gasteiger partial charge in [-0.15, -0.1) is 0 Å². The molecule has 9 aromatic rings. The van der Waals surface area contributed by atoms with Crippen molar-refractivity contribution in [3.63, 3.8) is 0 Å². The fourth-order valence-corrected chi connectivity index (χ4v) is 9.79. The minimum atomic E-state index is -0.0707. The van der Waals surface area contributed by atoms with Gasteiger partial charge >= 0.3 is 0 Å². The Bertz CT molecular complexity index is 3080. The minimum absolute atomic E-state index is 0.0522. The smallest absolute Gasteiger partial charge is 0.160 e. The summed E-state index contributed by atoms with van der Waals surface area (Å²) in [5.74, 6) is 0.722. The van der Waals surface area contributed by atoms with Crippen LogP contribution >= 0.6 is 0 Å². The molecule has 11 rings (SSSR count). The van der Waals surface area contributed by atoms with Crippen molar-refractivity contribution < 1.29 is 0 Å². The predicted molar refractivity (Wildman–Crippen MR) is 234 cm³/mol. The van der Waals surface area contributed by atoms with Gasteiger partial charge in [-0.05, 0) is 95.4 Å². The van der Waals surface area contributed by atoms with E-state index in [0.717, 1.165) is 33.9 Å². The summed E-state index contributed by atoms with van der Waals surface area (Å²) in [6, 6.07) is 62.1. The Balaban J connectivity index is 1.08. The van der Waals surface area contributed by atoms with Gasteiger partial charge in [-0.1, -0.05) is 179 Å². The van der Waals surface area contributed by atoms with Gasteiger partial charge in [0.25, 0.3) is 0 Å². The summed E-state index contributed by atoms with van der Waals surface area (Å²) in [4.78, 5) is 10.5. The summed E-state index contributed by atoms with van der Waals surface area (Å²) >= 11 is 0. The predicted octanol–water partition coefficient (Wildman–Crippen LogP) is 14.1. The molecule has 0 unspecified atom stereocenters. The zero-order valence-electron chi connectivity index (χ0n) is 32.1. The van der Waals surface area contributed by atoms with E-state index in [1.807, 2.05) is 6.07 Å². The molecule has 0 bridgehead atoms. The summed E-state index contributed by atoms with van der Waals surface area (Å²) in [6.45, 7) is 9.37. The Morgan fingerprint density at radius 2 is 0.911 bits per heavy atom. The van der Waals surface area contributed by atoms with Gasteiger partial charge < -0.3 is 0 Å². The Morgan fingerprint density at radius 1 is 0.339 bits per heavy atom. The largest absolute Gasteiger partial charge is 0.228 e. The van der Waals surface area contributed by atoms with Crippen LogP contribution in [0.3, 0.4) is 0 Å². The lowest BCUT2D eigenvalue weighted by molar-refractivity contribution is 0.660. The second-order valence-electron chi connectivity index (χ2n) is 16.6. The maximum absolute atomic E-state index is 5.29. The van der Waals surface area contributed by atoms with Crippen LogP contribution in [-0.2, 0) is 10.8 Å². The van der Waals surface area contributed by atoms with E-state index in [4.69, 9.17) is 9.97 Å². The van der Waals surface area contributed by atoms with E-state index in [-0.39, 0.29) is 10.8 Å². The van der Waals surface area contributed by atoms with Crippen molar-refractivity contribution in [2.75, 3.05) is 0 Å². The number of benzene rings is 8. The Morgan fingerprint density at radius 3 is 1.73 bits per heavy atom. The van der Waals surface area contributed by atoms with E-state index in [2.05, 4.69) is 191 Å². The van der Waals surface area contributed by atoms with E-state index in [0.29, 0.717) is 0 Å². The number of hydrogen-bond acceptors (Lipinski definition) is 2. The molecule has 0 radical (unpaired) electrons. The topological polar surface area (TPSA) is 25.8 Å². The van der Waals surface area contributed by atoms with Crippen LogP contribution in [0.1, 0.15) is 49.9 Å². The minimum Gasteiger partial charge on any atom is -0.228 e. The summed E-state index contributed by atoms with van der Waals surface area (Å²) < 4.78 is 0. The van der Waals surface area contributed by atoms with Gasteiger partial charge in [0.05, 0.1) is 11.4 Å². The Kier molecular flexibility index (Phi) is 6.98. The molecule has 2 nitrogen and oxygen atoms in total.